The van der Waals surface area contributed by atoms with Crippen molar-refractivity contribution in [1.29, 1.82) is 0 Å². The van der Waals surface area contributed by atoms with Gasteiger partial charge in [-0.2, -0.15) is 9.97 Å². The number of amides is 1. The number of anilines is 2. The Labute approximate surface area is 293 Å². The van der Waals surface area contributed by atoms with Gasteiger partial charge in [-0.25, -0.2) is 26.6 Å². The molecule has 3 heterocycles. The largest absolute Gasteiger partial charge is 0.475 e. The highest BCUT2D eigenvalue weighted by Gasteiger charge is 2.36. The van der Waals surface area contributed by atoms with Crippen molar-refractivity contribution in [1.82, 2.24) is 19.5 Å². The molecule has 0 aliphatic carbocycles. The number of nitrogens with one attached hydrogen (secondary N) is 1. The molecule has 16 nitrogen and oxygen atoms in total. The number of fused-ring (bicyclic) bond motifs is 2. The normalized spacial score (nSPS) is 17.8. The van der Waals surface area contributed by atoms with E-state index in [2.05, 4.69) is 20.3 Å². The minimum Gasteiger partial charge on any atom is -0.475 e. The average molecular weight is 741 g/mol. The van der Waals surface area contributed by atoms with Gasteiger partial charge in [0.15, 0.2) is 30.8 Å². The van der Waals surface area contributed by atoms with E-state index in [1.807, 2.05) is 31.1 Å². The highest BCUT2D eigenvalue weighted by molar-refractivity contribution is 7.91. The third kappa shape index (κ3) is 7.74. The fourth-order valence-corrected chi connectivity index (χ4v) is 8.14. The number of imidazole rings is 1. The lowest BCUT2D eigenvalue weighted by atomic mass is 10.1. The molecule has 51 heavy (non-hydrogen) atoms. The molecule has 1 amide bonds. The molecular weight excluding hydrogens is 705 g/mol. The Morgan fingerprint density at radius 3 is 2.41 bits per heavy atom. The van der Waals surface area contributed by atoms with Crippen molar-refractivity contribution in [2.75, 3.05) is 55.6 Å². The Morgan fingerprint density at radius 2 is 1.69 bits per heavy atom. The van der Waals surface area contributed by atoms with E-state index >= 15 is 0 Å². The molecule has 0 bridgehead atoms. The molecule has 0 radical (unpaired) electrons. The van der Waals surface area contributed by atoms with E-state index in [4.69, 9.17) is 14.2 Å². The molecule has 6 rings (SSSR count). The van der Waals surface area contributed by atoms with Gasteiger partial charge in [-0.1, -0.05) is 42.5 Å². The zero-order valence-electron chi connectivity index (χ0n) is 27.6. The second-order valence-corrected chi connectivity index (χ2v) is 16.1. The van der Waals surface area contributed by atoms with E-state index in [1.54, 1.807) is 36.4 Å². The van der Waals surface area contributed by atoms with Crippen molar-refractivity contribution in [3.05, 3.63) is 73.1 Å². The summed E-state index contributed by atoms with van der Waals surface area (Å²) in [7, 11) is -3.86. The summed E-state index contributed by atoms with van der Waals surface area (Å²) in [5, 5.41) is 23.5. The van der Waals surface area contributed by atoms with Gasteiger partial charge in [0.25, 0.3) is 0 Å². The second-order valence-electron chi connectivity index (χ2n) is 11.9. The van der Waals surface area contributed by atoms with E-state index in [-0.39, 0.29) is 45.8 Å². The molecule has 3 N–H and O–H groups in total. The predicted molar refractivity (Wildman–Crippen MR) is 186 cm³/mol. The van der Waals surface area contributed by atoms with Crippen molar-refractivity contribution in [2.45, 2.75) is 34.6 Å². The summed E-state index contributed by atoms with van der Waals surface area (Å²) in [5.41, 5.74) is 1.06. The summed E-state index contributed by atoms with van der Waals surface area (Å²) in [5.74, 6) is -1.38. The van der Waals surface area contributed by atoms with Crippen molar-refractivity contribution in [2.24, 2.45) is 0 Å². The van der Waals surface area contributed by atoms with E-state index < -0.39 is 68.9 Å². The van der Waals surface area contributed by atoms with Gasteiger partial charge in [0.2, 0.25) is 11.8 Å². The van der Waals surface area contributed by atoms with Crippen LogP contribution in [-0.4, -0.2) is 110 Å². The monoisotopic (exact) mass is 740 g/mol. The van der Waals surface area contributed by atoms with E-state index in [0.29, 0.717) is 5.39 Å². The number of aliphatic hydroxyl groups excluding tert-OH is 2. The first kappa shape index (κ1) is 35.9. The Morgan fingerprint density at radius 1 is 0.961 bits per heavy atom. The molecule has 0 spiro atoms. The molecule has 1 fully saturated rings. The smallest absolute Gasteiger partial charge is 0.414 e. The van der Waals surface area contributed by atoms with Crippen molar-refractivity contribution < 1.29 is 46.1 Å². The first-order valence-electron chi connectivity index (χ1n) is 15.8. The number of aromatic nitrogens is 4. The van der Waals surface area contributed by atoms with Crippen LogP contribution in [0, 0.1) is 0 Å². The summed E-state index contributed by atoms with van der Waals surface area (Å²) in [6.07, 6.45) is -2.22. The Bertz CT molecular complexity index is 2270. The molecule has 3 atom stereocenters. The second kappa shape index (κ2) is 14.8. The van der Waals surface area contributed by atoms with Crippen LogP contribution in [0.25, 0.3) is 21.9 Å². The Balaban J connectivity index is 1.19. The molecular formula is C33H36N6O10S2. The lowest BCUT2D eigenvalue weighted by Gasteiger charge is -2.17. The van der Waals surface area contributed by atoms with Crippen LogP contribution < -0.4 is 15.0 Å². The fourth-order valence-electron chi connectivity index (χ4n) is 5.71. The van der Waals surface area contributed by atoms with Crippen molar-refractivity contribution in [3.63, 3.8) is 0 Å². The summed E-state index contributed by atoms with van der Waals surface area (Å²) >= 11 is 0. The molecule has 3 aromatic carbocycles. The van der Waals surface area contributed by atoms with Crippen molar-refractivity contribution in [3.8, 4) is 5.88 Å². The molecule has 5 aromatic rings. The van der Waals surface area contributed by atoms with Crippen LogP contribution >= 0.6 is 0 Å². The van der Waals surface area contributed by atoms with E-state index in [9.17, 15) is 31.8 Å². The van der Waals surface area contributed by atoms with Gasteiger partial charge in [-0.05, 0) is 24.3 Å². The van der Waals surface area contributed by atoms with Gasteiger partial charge >= 0.3 is 6.09 Å². The fraction of sp³-hybridized carbons (Fsp3) is 0.333. The van der Waals surface area contributed by atoms with Crippen LogP contribution in [0.2, 0.25) is 0 Å². The maximum absolute atomic E-state index is 13.4. The number of aliphatic hydroxyl groups is 2. The standard InChI is InChI=1S/C33H36N6O10S2/c1-38(2)24-12-6-11-23-22(24)10-7-13-27(23)51(45,46)17-15-48-33(42)37-32-35-30-29(34-20-39(30)28-18-25(41)26(19-40)49-28)31(36-32)47-14-16-50(43,44)21-8-4-3-5-9-21/h3-13,20,25-26,28,40-41H,14-19H2,1-2H3,(H,35,36,37,42)/t25-,26+,28+/m0/s1. The minimum absolute atomic E-state index is 0.0959. The molecule has 18 heteroatoms. The number of rotatable bonds is 13. The number of carbonyl (C=O) groups is 1. The van der Waals surface area contributed by atoms with Crippen LogP contribution in [-0.2, 0) is 29.1 Å². The number of benzene rings is 3. The average Bonchev–Trinajstić information content (AvgIpc) is 3.70. The van der Waals surface area contributed by atoms with E-state index in [0.717, 1.165) is 11.1 Å². The summed E-state index contributed by atoms with van der Waals surface area (Å²) in [4.78, 5) is 27.9. The lowest BCUT2D eigenvalue weighted by molar-refractivity contribution is -0.0432. The number of carbonyl (C=O) groups excluding carboxylic acids is 1. The lowest BCUT2D eigenvalue weighted by Crippen LogP contribution is -2.24. The number of hydrogen-bond acceptors (Lipinski definition) is 14. The van der Waals surface area contributed by atoms with Gasteiger partial charge in [-0.3, -0.25) is 9.88 Å². The highest BCUT2D eigenvalue weighted by atomic mass is 32.2. The third-order valence-corrected chi connectivity index (χ3v) is 11.7. The number of ether oxygens (including phenoxy) is 3. The Kier molecular flexibility index (Phi) is 10.4. The molecule has 0 unspecified atom stereocenters. The molecule has 1 saturated heterocycles. The Hall–Kier alpha value is -4.88. The molecule has 1 aliphatic rings. The quantitative estimate of drug-likeness (QED) is 0.158. The van der Waals surface area contributed by atoms with Gasteiger partial charge < -0.3 is 29.3 Å². The van der Waals surface area contributed by atoms with Crippen LogP contribution in [0.3, 0.4) is 0 Å². The topological polar surface area (TPSA) is 212 Å². The van der Waals surface area contributed by atoms with Gasteiger partial charge in [-0.15, -0.1) is 0 Å². The van der Waals surface area contributed by atoms with Crippen molar-refractivity contribution >= 4 is 59.3 Å². The number of hydrogen-bond donors (Lipinski definition) is 3. The number of sulfone groups is 2. The summed E-state index contributed by atoms with van der Waals surface area (Å²) in [6, 6.07) is 18.2. The SMILES string of the molecule is CN(C)c1cccc2c(S(=O)(=O)CCOC(=O)Nc3nc(OCCS(=O)(=O)c4ccccc4)c4ncn([C@H]5C[C@H](O)[C@@H](CO)O5)c4n3)cccc12. The van der Waals surface area contributed by atoms with Gasteiger partial charge in [0, 0.05) is 37.0 Å². The first-order valence-corrected chi connectivity index (χ1v) is 19.1. The van der Waals surface area contributed by atoms with Crippen LogP contribution in [0.15, 0.2) is 82.8 Å². The van der Waals surface area contributed by atoms with Crippen LogP contribution in [0.1, 0.15) is 12.6 Å². The number of nitrogens with zero attached hydrogens (tertiary/aromatic N) is 5. The van der Waals surface area contributed by atoms with Crippen LogP contribution in [0.4, 0.5) is 16.4 Å². The highest BCUT2D eigenvalue weighted by Crippen LogP contribution is 2.33. The van der Waals surface area contributed by atoms with Gasteiger partial charge in [0.1, 0.15) is 25.5 Å². The zero-order chi connectivity index (χ0) is 36.3. The van der Waals surface area contributed by atoms with E-state index in [1.165, 1.54) is 29.1 Å². The molecule has 270 valence electrons. The molecule has 2 aromatic heterocycles. The predicted octanol–water partition coefficient (Wildman–Crippen LogP) is 2.56. The maximum atomic E-state index is 13.4. The van der Waals surface area contributed by atoms with Crippen LogP contribution in [0.5, 0.6) is 5.88 Å². The first-order chi connectivity index (χ1) is 24.4. The molecule has 0 saturated carbocycles. The zero-order valence-corrected chi connectivity index (χ0v) is 29.2. The summed E-state index contributed by atoms with van der Waals surface area (Å²) < 4.78 is 70.5. The third-order valence-electron chi connectivity index (χ3n) is 8.25. The minimum atomic E-state index is -3.88. The molecule has 1 aliphatic heterocycles. The maximum Gasteiger partial charge on any atom is 0.414 e. The summed E-state index contributed by atoms with van der Waals surface area (Å²) in [6.45, 7) is -1.24. The van der Waals surface area contributed by atoms with Gasteiger partial charge in [0.05, 0.1) is 40.3 Å².